The zero-order valence-corrected chi connectivity index (χ0v) is 14.7. The summed E-state index contributed by atoms with van der Waals surface area (Å²) < 4.78 is 7.62. The van der Waals surface area contributed by atoms with Crippen molar-refractivity contribution in [1.29, 1.82) is 0 Å². The van der Waals surface area contributed by atoms with Gasteiger partial charge in [-0.25, -0.2) is 4.79 Å². The first kappa shape index (κ1) is 16.3. The van der Waals surface area contributed by atoms with Crippen LogP contribution in [-0.2, 0) is 16.1 Å². The van der Waals surface area contributed by atoms with E-state index in [0.717, 1.165) is 12.1 Å². The van der Waals surface area contributed by atoms with Gasteiger partial charge in [-0.05, 0) is 57.5 Å². The van der Waals surface area contributed by atoms with Crippen LogP contribution < -0.4 is 0 Å². The number of carbonyl (C=O) groups excluding carboxylic acids is 1. The lowest BCUT2D eigenvalue weighted by Gasteiger charge is -2.17. The zero-order valence-electron chi connectivity index (χ0n) is 14.7. The van der Waals surface area contributed by atoms with Gasteiger partial charge in [-0.15, -0.1) is 0 Å². The zero-order chi connectivity index (χ0) is 17.3. The van der Waals surface area contributed by atoms with Crippen molar-refractivity contribution >= 4 is 33.9 Å². The average molecular weight is 321 g/mol. The number of benzene rings is 2. The van der Waals surface area contributed by atoms with Crippen molar-refractivity contribution in [1.82, 2.24) is 4.57 Å². The maximum absolute atomic E-state index is 11.8. The van der Waals surface area contributed by atoms with E-state index in [1.807, 2.05) is 32.9 Å². The van der Waals surface area contributed by atoms with E-state index in [-0.39, 0.29) is 5.97 Å². The highest BCUT2D eigenvalue weighted by molar-refractivity contribution is 6.08. The van der Waals surface area contributed by atoms with E-state index in [1.165, 1.54) is 27.9 Å². The molecule has 3 nitrogen and oxygen atoms in total. The van der Waals surface area contributed by atoms with E-state index in [1.54, 1.807) is 0 Å². The number of aromatic nitrogens is 1. The normalized spacial score (nSPS) is 12.3. The second-order valence-corrected chi connectivity index (χ2v) is 6.90. The smallest absolute Gasteiger partial charge is 0.331 e. The molecule has 0 saturated carbocycles. The monoisotopic (exact) mass is 321 g/mol. The highest BCUT2D eigenvalue weighted by Crippen LogP contribution is 2.29. The molecule has 0 aliphatic carbocycles. The summed E-state index contributed by atoms with van der Waals surface area (Å²) in [5, 5.41) is 2.45. The van der Waals surface area contributed by atoms with Gasteiger partial charge in [-0.3, -0.25) is 0 Å². The molecule has 1 heterocycles. The van der Waals surface area contributed by atoms with Crippen LogP contribution in [0.1, 0.15) is 33.3 Å². The Hall–Kier alpha value is -2.55. The Morgan fingerprint density at radius 3 is 2.50 bits per heavy atom. The van der Waals surface area contributed by atoms with Gasteiger partial charge >= 0.3 is 5.97 Å². The summed E-state index contributed by atoms with van der Waals surface area (Å²) in [7, 11) is 0. The van der Waals surface area contributed by atoms with Crippen LogP contribution in [-0.4, -0.2) is 16.1 Å². The van der Waals surface area contributed by atoms with E-state index in [9.17, 15) is 4.79 Å². The van der Waals surface area contributed by atoms with Gasteiger partial charge < -0.3 is 9.30 Å². The Bertz CT molecular complexity index is 926. The minimum Gasteiger partial charge on any atom is -0.457 e. The summed E-state index contributed by atoms with van der Waals surface area (Å²) in [4.78, 5) is 11.8. The molecule has 0 bridgehead atoms. The molecule has 3 aromatic rings. The molecule has 0 amide bonds. The van der Waals surface area contributed by atoms with E-state index in [4.69, 9.17) is 4.74 Å². The van der Waals surface area contributed by atoms with Crippen molar-refractivity contribution in [2.45, 2.75) is 39.8 Å². The summed E-state index contributed by atoms with van der Waals surface area (Å²) in [5.74, 6) is -0.321. The summed E-state index contributed by atoms with van der Waals surface area (Å²) in [6.45, 7) is 8.68. The molecule has 0 saturated heterocycles. The van der Waals surface area contributed by atoms with Gasteiger partial charge in [0.25, 0.3) is 0 Å². The molecule has 0 fully saturated rings. The molecule has 3 heteroatoms. The molecular weight excluding hydrogens is 298 g/mol. The highest BCUT2D eigenvalue weighted by Gasteiger charge is 2.14. The summed E-state index contributed by atoms with van der Waals surface area (Å²) in [6, 6.07) is 14.7. The minimum atomic E-state index is -0.472. The molecule has 0 spiro atoms. The first-order valence-corrected chi connectivity index (χ1v) is 8.31. The number of hydrogen-bond donors (Lipinski definition) is 0. The quantitative estimate of drug-likeness (QED) is 0.492. The Kier molecular flexibility index (Phi) is 4.18. The molecular formula is C21H23NO2. The van der Waals surface area contributed by atoms with E-state index >= 15 is 0 Å². The molecule has 3 rings (SSSR count). The van der Waals surface area contributed by atoms with Crippen molar-refractivity contribution in [2.75, 3.05) is 0 Å². The topological polar surface area (TPSA) is 31.2 Å². The van der Waals surface area contributed by atoms with Gasteiger partial charge in [-0.1, -0.05) is 24.3 Å². The fourth-order valence-corrected chi connectivity index (χ4v) is 3.02. The Balaban J connectivity index is 2.00. The van der Waals surface area contributed by atoms with Gasteiger partial charge in [0, 0.05) is 34.4 Å². The third kappa shape index (κ3) is 3.21. The number of fused-ring (bicyclic) bond motifs is 3. The largest absolute Gasteiger partial charge is 0.457 e. The van der Waals surface area contributed by atoms with Crippen molar-refractivity contribution < 1.29 is 9.53 Å². The van der Waals surface area contributed by atoms with Crippen molar-refractivity contribution in [3.8, 4) is 0 Å². The first-order chi connectivity index (χ1) is 11.4. The lowest BCUT2D eigenvalue weighted by molar-refractivity contribution is -0.148. The van der Waals surface area contributed by atoms with E-state index < -0.39 is 5.60 Å². The van der Waals surface area contributed by atoms with E-state index in [0.29, 0.717) is 0 Å². The number of ether oxygens (including phenoxy) is 1. The molecule has 24 heavy (non-hydrogen) atoms. The van der Waals surface area contributed by atoms with Crippen molar-refractivity contribution in [2.24, 2.45) is 0 Å². The van der Waals surface area contributed by atoms with Gasteiger partial charge in [-0.2, -0.15) is 0 Å². The fraction of sp³-hybridized carbons (Fsp3) is 0.286. The summed E-state index contributed by atoms with van der Waals surface area (Å²) in [6.07, 6.45) is 3.30. The summed E-state index contributed by atoms with van der Waals surface area (Å²) >= 11 is 0. The maximum atomic E-state index is 11.8. The second kappa shape index (κ2) is 6.16. The van der Waals surface area contributed by atoms with Gasteiger partial charge in [0.1, 0.15) is 5.60 Å². The van der Waals surface area contributed by atoms with Crippen molar-refractivity contribution in [3.05, 3.63) is 54.1 Å². The van der Waals surface area contributed by atoms with Crippen molar-refractivity contribution in [3.63, 3.8) is 0 Å². The number of nitrogens with zero attached hydrogens (tertiary/aromatic N) is 1. The molecule has 1 aromatic heterocycles. The lowest BCUT2D eigenvalue weighted by Crippen LogP contribution is -2.22. The highest BCUT2D eigenvalue weighted by atomic mass is 16.6. The fourth-order valence-electron chi connectivity index (χ4n) is 3.02. The van der Waals surface area contributed by atoms with E-state index in [2.05, 4.69) is 47.9 Å². The van der Waals surface area contributed by atoms with Crippen LogP contribution in [0.4, 0.5) is 0 Å². The second-order valence-electron chi connectivity index (χ2n) is 6.90. The Morgan fingerprint density at radius 2 is 1.79 bits per heavy atom. The number of hydrogen-bond acceptors (Lipinski definition) is 2. The number of carbonyl (C=O) groups is 1. The first-order valence-electron chi connectivity index (χ1n) is 8.31. The SMILES string of the molecule is CCn1c2ccccc2c2cc(/C=C/C(=O)OC(C)(C)C)ccc21. The predicted molar refractivity (Wildman–Crippen MR) is 100.0 cm³/mol. The number of esters is 1. The summed E-state index contributed by atoms with van der Waals surface area (Å²) in [5.41, 5.74) is 2.98. The molecule has 124 valence electrons. The predicted octanol–water partition coefficient (Wildman–Crippen LogP) is 5.17. The maximum Gasteiger partial charge on any atom is 0.331 e. The molecule has 0 atom stereocenters. The van der Waals surface area contributed by atoms with Crippen LogP contribution in [0.5, 0.6) is 0 Å². The van der Waals surface area contributed by atoms with Crippen LogP contribution in [0, 0.1) is 0 Å². The van der Waals surface area contributed by atoms with Crippen LogP contribution in [0.3, 0.4) is 0 Å². The lowest BCUT2D eigenvalue weighted by atomic mass is 10.1. The third-order valence-electron chi connectivity index (χ3n) is 3.93. The Labute approximate surface area is 142 Å². The number of para-hydroxylation sites is 1. The average Bonchev–Trinajstić information content (AvgIpc) is 2.84. The number of aryl methyl sites for hydroxylation is 1. The molecule has 2 aromatic carbocycles. The number of rotatable bonds is 3. The molecule has 0 aliphatic rings. The van der Waals surface area contributed by atoms with Gasteiger partial charge in [0.15, 0.2) is 0 Å². The minimum absolute atomic E-state index is 0.321. The Morgan fingerprint density at radius 1 is 1.08 bits per heavy atom. The molecule has 0 N–H and O–H groups in total. The van der Waals surface area contributed by atoms with Crippen LogP contribution >= 0.6 is 0 Å². The van der Waals surface area contributed by atoms with Gasteiger partial charge in [0.2, 0.25) is 0 Å². The van der Waals surface area contributed by atoms with Crippen LogP contribution in [0.15, 0.2) is 48.5 Å². The molecule has 0 unspecified atom stereocenters. The van der Waals surface area contributed by atoms with Crippen LogP contribution in [0.2, 0.25) is 0 Å². The third-order valence-corrected chi connectivity index (χ3v) is 3.93. The molecule has 0 aliphatic heterocycles. The van der Waals surface area contributed by atoms with Crippen LogP contribution in [0.25, 0.3) is 27.9 Å². The standard InChI is InChI=1S/C21H23NO2/c1-5-22-18-9-7-6-8-16(18)17-14-15(10-12-19(17)22)11-13-20(23)24-21(2,3)4/h6-14H,5H2,1-4H3/b13-11+. The van der Waals surface area contributed by atoms with Gasteiger partial charge in [0.05, 0.1) is 0 Å². The molecule has 0 radical (unpaired) electrons.